The maximum atomic E-state index is 9.94. The smallest absolute Gasteiger partial charge is 0.0751 e. The van der Waals surface area contributed by atoms with Gasteiger partial charge in [-0.05, 0) is 43.7 Å². The Morgan fingerprint density at radius 2 is 2.23 bits per heavy atom. The molecule has 4 nitrogen and oxygen atoms in total. The molecule has 1 fully saturated rings. The molecule has 0 saturated heterocycles. The molecule has 22 heavy (non-hydrogen) atoms. The van der Waals surface area contributed by atoms with Crippen LogP contribution in [0.4, 0.5) is 0 Å². The second-order valence-electron chi connectivity index (χ2n) is 6.43. The van der Waals surface area contributed by atoms with E-state index in [9.17, 15) is 5.11 Å². The molecule has 0 bridgehead atoms. The highest BCUT2D eigenvalue weighted by Crippen LogP contribution is 2.35. The molecular weight excluding hydrogens is 274 g/mol. The number of nitrogens with zero attached hydrogens (tertiary/aromatic N) is 3. The number of aliphatic hydroxyl groups is 1. The number of fused-ring (bicyclic) bond motifs is 1. The average molecular weight is 295 g/mol. The molecule has 2 atom stereocenters. The Bertz CT molecular complexity index is 732. The van der Waals surface area contributed by atoms with Gasteiger partial charge in [0.2, 0.25) is 0 Å². The van der Waals surface area contributed by atoms with Gasteiger partial charge in [-0.2, -0.15) is 5.10 Å². The first kappa shape index (κ1) is 13.7. The highest BCUT2D eigenvalue weighted by atomic mass is 16.3. The van der Waals surface area contributed by atoms with Crippen LogP contribution in [0, 0.1) is 6.92 Å². The highest BCUT2D eigenvalue weighted by Gasteiger charge is 2.25. The molecule has 2 aliphatic rings. The Labute approximate surface area is 130 Å². The Kier molecular flexibility index (Phi) is 3.34. The molecule has 4 rings (SSSR count). The number of aryl methyl sites for hydroxylation is 1. The number of hydrogen-bond donors (Lipinski definition) is 1. The van der Waals surface area contributed by atoms with E-state index in [1.165, 1.54) is 11.1 Å². The molecule has 0 spiro atoms. The van der Waals surface area contributed by atoms with E-state index < -0.39 is 0 Å². The van der Waals surface area contributed by atoms with Gasteiger partial charge in [0, 0.05) is 24.4 Å². The van der Waals surface area contributed by atoms with Crippen molar-refractivity contribution in [2.75, 3.05) is 0 Å². The van der Waals surface area contributed by atoms with Crippen LogP contribution in [0.1, 0.15) is 54.1 Å². The van der Waals surface area contributed by atoms with Crippen molar-refractivity contribution in [3.63, 3.8) is 0 Å². The van der Waals surface area contributed by atoms with Crippen LogP contribution < -0.4 is 0 Å². The van der Waals surface area contributed by atoms with Gasteiger partial charge in [0.05, 0.1) is 23.2 Å². The minimum atomic E-state index is -0.158. The third-order valence-electron chi connectivity index (χ3n) is 4.92. The second kappa shape index (κ2) is 5.36. The van der Waals surface area contributed by atoms with E-state index in [2.05, 4.69) is 30.3 Å². The lowest BCUT2D eigenvalue weighted by Crippen LogP contribution is -2.18. The van der Waals surface area contributed by atoms with Crippen LogP contribution >= 0.6 is 0 Å². The van der Waals surface area contributed by atoms with Crippen LogP contribution in [0.15, 0.2) is 24.5 Å². The molecule has 2 unspecified atom stereocenters. The Morgan fingerprint density at radius 3 is 3.09 bits per heavy atom. The van der Waals surface area contributed by atoms with Crippen LogP contribution in [0.5, 0.6) is 0 Å². The first-order chi connectivity index (χ1) is 10.7. The standard InChI is InChI=1S/C18H21N3O/c1-12-16(13-4-2-5-14(22)10-13)11-21(20-12)18-8-9-19-17-7-3-6-15(17)18/h3,6,8-9,11,13-14,22H,2,4-5,7,10H2,1H3. The maximum Gasteiger partial charge on any atom is 0.0751 e. The van der Waals surface area contributed by atoms with Crippen molar-refractivity contribution in [3.05, 3.63) is 47.1 Å². The van der Waals surface area contributed by atoms with Crippen LogP contribution in [-0.2, 0) is 6.42 Å². The SMILES string of the molecule is Cc1nn(-c2ccnc3c2C=CC3)cc1C1CCCC(O)C1. The van der Waals surface area contributed by atoms with Crippen molar-refractivity contribution in [2.24, 2.45) is 0 Å². The van der Waals surface area contributed by atoms with E-state index in [1.807, 2.05) is 16.9 Å². The fourth-order valence-electron chi connectivity index (χ4n) is 3.78. The summed E-state index contributed by atoms with van der Waals surface area (Å²) in [6.45, 7) is 2.07. The van der Waals surface area contributed by atoms with Crippen LogP contribution in [0.3, 0.4) is 0 Å². The topological polar surface area (TPSA) is 50.9 Å². The summed E-state index contributed by atoms with van der Waals surface area (Å²) >= 11 is 0. The zero-order valence-electron chi connectivity index (χ0n) is 12.9. The van der Waals surface area contributed by atoms with Crippen LogP contribution in [-0.4, -0.2) is 26.0 Å². The van der Waals surface area contributed by atoms with E-state index >= 15 is 0 Å². The van der Waals surface area contributed by atoms with Gasteiger partial charge in [0.1, 0.15) is 0 Å². The molecule has 114 valence electrons. The van der Waals surface area contributed by atoms with Gasteiger partial charge < -0.3 is 5.11 Å². The van der Waals surface area contributed by atoms with Gasteiger partial charge in [0.15, 0.2) is 0 Å². The number of rotatable bonds is 2. The number of aromatic nitrogens is 3. The van der Waals surface area contributed by atoms with Gasteiger partial charge >= 0.3 is 0 Å². The minimum absolute atomic E-state index is 0.158. The minimum Gasteiger partial charge on any atom is -0.393 e. The van der Waals surface area contributed by atoms with Gasteiger partial charge in [0.25, 0.3) is 0 Å². The number of hydrogen-bond acceptors (Lipinski definition) is 3. The molecule has 0 aromatic carbocycles. The van der Waals surface area contributed by atoms with Gasteiger partial charge in [-0.25, -0.2) is 4.68 Å². The first-order valence-corrected chi connectivity index (χ1v) is 8.11. The normalized spacial score (nSPS) is 23.7. The molecule has 0 aliphatic heterocycles. The molecule has 1 N–H and O–H groups in total. The molecule has 2 aromatic heterocycles. The number of pyridine rings is 1. The Balaban J connectivity index is 1.72. The Hall–Kier alpha value is -1.94. The fraction of sp³-hybridized carbons (Fsp3) is 0.444. The predicted octanol–water partition coefficient (Wildman–Crippen LogP) is 3.16. The fourth-order valence-corrected chi connectivity index (χ4v) is 3.78. The lowest BCUT2D eigenvalue weighted by molar-refractivity contribution is 0.119. The molecule has 2 heterocycles. The van der Waals surface area contributed by atoms with Crippen LogP contribution in [0.2, 0.25) is 0 Å². The molecule has 2 aliphatic carbocycles. The summed E-state index contributed by atoms with van der Waals surface area (Å²) in [4.78, 5) is 4.44. The monoisotopic (exact) mass is 295 g/mol. The molecule has 4 heteroatoms. The lowest BCUT2D eigenvalue weighted by atomic mass is 9.83. The molecule has 1 saturated carbocycles. The van der Waals surface area contributed by atoms with Crippen molar-refractivity contribution >= 4 is 6.08 Å². The molecule has 0 radical (unpaired) electrons. The van der Waals surface area contributed by atoms with Crippen molar-refractivity contribution in [3.8, 4) is 5.69 Å². The number of allylic oxidation sites excluding steroid dienone is 1. The van der Waals surface area contributed by atoms with E-state index in [4.69, 9.17) is 5.10 Å². The van der Waals surface area contributed by atoms with Gasteiger partial charge in [-0.15, -0.1) is 0 Å². The predicted molar refractivity (Wildman–Crippen MR) is 86.0 cm³/mol. The average Bonchev–Trinajstić information content (AvgIpc) is 3.13. The quantitative estimate of drug-likeness (QED) is 0.926. The van der Waals surface area contributed by atoms with E-state index in [0.29, 0.717) is 5.92 Å². The lowest BCUT2D eigenvalue weighted by Gasteiger charge is -2.25. The molecule has 0 amide bonds. The van der Waals surface area contributed by atoms with E-state index in [0.717, 1.165) is 49.2 Å². The first-order valence-electron chi connectivity index (χ1n) is 8.11. The van der Waals surface area contributed by atoms with Crippen LogP contribution in [0.25, 0.3) is 11.8 Å². The molecular formula is C18H21N3O. The molecule has 2 aromatic rings. The summed E-state index contributed by atoms with van der Waals surface area (Å²) < 4.78 is 1.99. The van der Waals surface area contributed by atoms with Gasteiger partial charge in [-0.3, -0.25) is 4.98 Å². The summed E-state index contributed by atoms with van der Waals surface area (Å²) in [6.07, 6.45) is 13.1. The summed E-state index contributed by atoms with van der Waals surface area (Å²) in [6, 6.07) is 2.03. The van der Waals surface area contributed by atoms with Crippen molar-refractivity contribution in [2.45, 2.75) is 51.0 Å². The van der Waals surface area contributed by atoms with Crippen molar-refractivity contribution in [1.29, 1.82) is 0 Å². The second-order valence-corrected chi connectivity index (χ2v) is 6.43. The largest absolute Gasteiger partial charge is 0.393 e. The van der Waals surface area contributed by atoms with Crippen molar-refractivity contribution in [1.82, 2.24) is 14.8 Å². The van der Waals surface area contributed by atoms with E-state index in [1.54, 1.807) is 0 Å². The third kappa shape index (κ3) is 2.28. The highest BCUT2D eigenvalue weighted by molar-refractivity contribution is 5.66. The summed E-state index contributed by atoms with van der Waals surface area (Å²) in [5.41, 5.74) is 5.77. The zero-order chi connectivity index (χ0) is 15.1. The summed E-state index contributed by atoms with van der Waals surface area (Å²) in [5.74, 6) is 0.433. The maximum absolute atomic E-state index is 9.94. The Morgan fingerprint density at radius 1 is 1.32 bits per heavy atom. The summed E-state index contributed by atoms with van der Waals surface area (Å²) in [7, 11) is 0. The van der Waals surface area contributed by atoms with Gasteiger partial charge in [-0.1, -0.05) is 18.6 Å². The van der Waals surface area contributed by atoms with Crippen molar-refractivity contribution < 1.29 is 5.11 Å². The third-order valence-corrected chi connectivity index (χ3v) is 4.92. The number of aliphatic hydroxyl groups excluding tert-OH is 1. The summed E-state index contributed by atoms with van der Waals surface area (Å²) in [5, 5.41) is 14.7. The zero-order valence-corrected chi connectivity index (χ0v) is 12.9. The van der Waals surface area contributed by atoms with E-state index in [-0.39, 0.29) is 6.10 Å².